The van der Waals surface area contributed by atoms with Crippen LogP contribution in [0.5, 0.6) is 6.01 Å². The van der Waals surface area contributed by atoms with Crippen LogP contribution in [0.15, 0.2) is 24.3 Å². The van der Waals surface area contributed by atoms with E-state index in [9.17, 15) is 4.79 Å². The van der Waals surface area contributed by atoms with Gasteiger partial charge < -0.3 is 4.74 Å². The summed E-state index contributed by atoms with van der Waals surface area (Å²) in [6, 6.07) is 8.46. The van der Waals surface area contributed by atoms with Crippen molar-refractivity contribution < 1.29 is 9.53 Å². The number of aromatic nitrogens is 3. The third-order valence-corrected chi connectivity index (χ3v) is 4.37. The summed E-state index contributed by atoms with van der Waals surface area (Å²) in [7, 11) is 0. The van der Waals surface area contributed by atoms with Gasteiger partial charge in [0, 0.05) is 12.0 Å². The van der Waals surface area contributed by atoms with Gasteiger partial charge in [-0.25, -0.2) is 0 Å². The molecule has 0 N–H and O–H groups in total. The van der Waals surface area contributed by atoms with Crippen LogP contribution in [0.1, 0.15) is 77.6 Å². The molecule has 0 saturated carbocycles. The second-order valence-electron chi connectivity index (χ2n) is 8.51. The van der Waals surface area contributed by atoms with Crippen molar-refractivity contribution >= 4 is 5.91 Å². The zero-order valence-corrected chi connectivity index (χ0v) is 17.6. The highest BCUT2D eigenvalue weighted by molar-refractivity contribution is 5.82. The molecule has 0 unspecified atom stereocenters. The van der Waals surface area contributed by atoms with E-state index < -0.39 is 0 Å². The molecule has 0 bridgehead atoms. The molecule has 27 heavy (non-hydrogen) atoms. The van der Waals surface area contributed by atoms with Crippen molar-refractivity contribution in [1.29, 1.82) is 0 Å². The fourth-order valence-electron chi connectivity index (χ4n) is 2.71. The lowest BCUT2D eigenvalue weighted by atomic mass is 9.87. The first kappa shape index (κ1) is 21.1. The number of benzene rings is 1. The molecule has 0 aliphatic heterocycles. The first-order valence-electron chi connectivity index (χ1n) is 9.96. The molecule has 1 heterocycles. The Morgan fingerprint density at radius 3 is 2.37 bits per heavy atom. The Labute approximate surface area is 163 Å². The molecule has 0 radical (unpaired) electrons. The summed E-state index contributed by atoms with van der Waals surface area (Å²) >= 11 is 0. The van der Waals surface area contributed by atoms with Crippen LogP contribution >= 0.6 is 0 Å². The van der Waals surface area contributed by atoms with Gasteiger partial charge in [-0.3, -0.25) is 4.79 Å². The van der Waals surface area contributed by atoms with Crippen molar-refractivity contribution in [2.24, 2.45) is 5.92 Å². The summed E-state index contributed by atoms with van der Waals surface area (Å²) in [5.74, 6) is 0.882. The number of carbonyl (C=O) groups is 1. The molecule has 1 aromatic heterocycles. The zero-order valence-electron chi connectivity index (χ0n) is 17.6. The molecule has 1 aromatic carbocycles. The lowest BCUT2D eigenvalue weighted by Crippen LogP contribution is -2.14. The lowest BCUT2D eigenvalue weighted by Gasteiger charge is -2.19. The normalized spacial score (nSPS) is 11.8. The van der Waals surface area contributed by atoms with E-state index in [4.69, 9.17) is 4.74 Å². The van der Waals surface area contributed by atoms with Gasteiger partial charge in [0.1, 0.15) is 0 Å². The maximum atomic E-state index is 12.7. The molecule has 0 fully saturated rings. The van der Waals surface area contributed by atoms with Gasteiger partial charge in [-0.15, -0.1) is 5.10 Å². The van der Waals surface area contributed by atoms with E-state index in [1.807, 2.05) is 12.1 Å². The van der Waals surface area contributed by atoms with Gasteiger partial charge in [0.2, 0.25) is 5.91 Å². The fraction of sp³-hybridized carbons (Fsp3) is 0.591. The number of hydrogen-bond acceptors (Lipinski definition) is 4. The second-order valence-corrected chi connectivity index (χ2v) is 8.51. The van der Waals surface area contributed by atoms with Gasteiger partial charge >= 0.3 is 6.01 Å². The monoisotopic (exact) mass is 371 g/mol. The number of rotatable bonds is 8. The Balaban J connectivity index is 2.32. The Bertz CT molecular complexity index is 740. The highest BCUT2D eigenvalue weighted by atomic mass is 16.5. The lowest BCUT2D eigenvalue weighted by molar-refractivity contribution is 0.0882. The van der Waals surface area contributed by atoms with E-state index in [0.717, 1.165) is 24.8 Å². The van der Waals surface area contributed by atoms with Crippen LogP contribution in [0, 0.1) is 5.92 Å². The van der Waals surface area contributed by atoms with Gasteiger partial charge in [-0.1, -0.05) is 78.6 Å². The van der Waals surface area contributed by atoms with Gasteiger partial charge in [-0.2, -0.15) is 9.67 Å². The number of carbonyl (C=O) groups excluding carboxylic acids is 1. The molecule has 0 saturated heterocycles. The molecule has 5 nitrogen and oxygen atoms in total. The van der Waals surface area contributed by atoms with E-state index >= 15 is 0 Å². The predicted molar refractivity (Wildman–Crippen MR) is 109 cm³/mol. The van der Waals surface area contributed by atoms with Gasteiger partial charge in [0.15, 0.2) is 5.82 Å². The number of nitrogens with zero attached hydrogens (tertiary/aromatic N) is 3. The third kappa shape index (κ3) is 5.91. The highest BCUT2D eigenvalue weighted by Crippen LogP contribution is 2.26. The SMILES string of the molecule is CCCCCC(=O)n1nc(OCC(C)C)nc1-c1ccc(C(C)(C)C)cc1. The van der Waals surface area contributed by atoms with Crippen LogP contribution in [-0.4, -0.2) is 27.3 Å². The van der Waals surface area contributed by atoms with E-state index in [-0.39, 0.29) is 17.3 Å². The van der Waals surface area contributed by atoms with Crippen molar-refractivity contribution in [1.82, 2.24) is 14.8 Å². The number of ether oxygens (including phenoxy) is 1. The molecule has 0 amide bonds. The van der Waals surface area contributed by atoms with Crippen LogP contribution in [-0.2, 0) is 5.41 Å². The molecule has 0 atom stereocenters. The maximum absolute atomic E-state index is 12.7. The van der Waals surface area contributed by atoms with Crippen LogP contribution in [0.25, 0.3) is 11.4 Å². The Morgan fingerprint density at radius 2 is 1.81 bits per heavy atom. The third-order valence-electron chi connectivity index (χ3n) is 4.37. The highest BCUT2D eigenvalue weighted by Gasteiger charge is 2.20. The Hall–Kier alpha value is -2.17. The average molecular weight is 372 g/mol. The summed E-state index contributed by atoms with van der Waals surface area (Å²) in [6.45, 7) is 13.3. The summed E-state index contributed by atoms with van der Waals surface area (Å²) in [6.07, 6.45) is 3.44. The van der Waals surface area contributed by atoms with Crippen LogP contribution in [0.4, 0.5) is 0 Å². The topological polar surface area (TPSA) is 57.0 Å². The smallest absolute Gasteiger partial charge is 0.336 e. The largest absolute Gasteiger partial charge is 0.462 e. The molecule has 2 rings (SSSR count). The zero-order chi connectivity index (χ0) is 20.0. The molecular weight excluding hydrogens is 338 g/mol. The minimum absolute atomic E-state index is 0.0368. The van der Waals surface area contributed by atoms with Crippen molar-refractivity contribution in [2.75, 3.05) is 6.61 Å². The minimum Gasteiger partial charge on any atom is -0.462 e. The molecule has 0 aliphatic rings. The quantitative estimate of drug-likeness (QED) is 0.575. The minimum atomic E-state index is -0.0368. The van der Waals surface area contributed by atoms with E-state index in [1.165, 1.54) is 10.2 Å². The summed E-state index contributed by atoms with van der Waals surface area (Å²) in [4.78, 5) is 17.2. The van der Waals surface area contributed by atoms with Gasteiger partial charge in [-0.05, 0) is 23.3 Å². The molecular formula is C22H33N3O2. The summed E-state index contributed by atoms with van der Waals surface area (Å²) < 4.78 is 7.08. The molecule has 5 heteroatoms. The Kier molecular flexibility index (Phi) is 7.17. The van der Waals surface area contributed by atoms with E-state index in [1.54, 1.807) is 0 Å². The van der Waals surface area contributed by atoms with Crippen molar-refractivity contribution in [3.05, 3.63) is 29.8 Å². The molecule has 0 spiro atoms. The van der Waals surface area contributed by atoms with E-state index in [2.05, 4.69) is 63.8 Å². The summed E-state index contributed by atoms with van der Waals surface area (Å²) in [5.41, 5.74) is 2.19. The first-order valence-corrected chi connectivity index (χ1v) is 9.96. The van der Waals surface area contributed by atoms with Gasteiger partial charge in [0.25, 0.3) is 0 Å². The predicted octanol–water partition coefficient (Wildman–Crippen LogP) is 5.50. The van der Waals surface area contributed by atoms with Crippen LogP contribution < -0.4 is 4.74 Å². The summed E-state index contributed by atoms with van der Waals surface area (Å²) in [5, 5.41) is 4.34. The molecule has 148 valence electrons. The van der Waals surface area contributed by atoms with Crippen molar-refractivity contribution in [3.8, 4) is 17.4 Å². The number of unbranched alkanes of at least 4 members (excludes halogenated alkanes) is 2. The molecule has 2 aromatic rings. The molecule has 0 aliphatic carbocycles. The van der Waals surface area contributed by atoms with Gasteiger partial charge in [0.05, 0.1) is 6.61 Å². The second kappa shape index (κ2) is 9.16. The average Bonchev–Trinajstić information content (AvgIpc) is 3.04. The standard InChI is InChI=1S/C22H33N3O2/c1-7-8-9-10-19(26)25-20(23-21(24-25)27-15-16(2)3)17-11-13-18(14-12-17)22(4,5)6/h11-14,16H,7-10,15H2,1-6H3. The van der Waals surface area contributed by atoms with Crippen molar-refractivity contribution in [3.63, 3.8) is 0 Å². The van der Waals surface area contributed by atoms with Crippen LogP contribution in [0.3, 0.4) is 0 Å². The Morgan fingerprint density at radius 1 is 1.15 bits per heavy atom. The van der Waals surface area contributed by atoms with Crippen LogP contribution in [0.2, 0.25) is 0 Å². The maximum Gasteiger partial charge on any atom is 0.336 e. The van der Waals surface area contributed by atoms with Crippen molar-refractivity contribution in [2.45, 2.75) is 72.6 Å². The van der Waals surface area contributed by atoms with E-state index in [0.29, 0.717) is 24.8 Å². The number of hydrogen-bond donors (Lipinski definition) is 0. The first-order chi connectivity index (χ1) is 12.7. The fourth-order valence-corrected chi connectivity index (χ4v) is 2.71.